The average Bonchev–Trinajstić information content (AvgIpc) is 2.66. The van der Waals surface area contributed by atoms with Gasteiger partial charge in [-0.2, -0.15) is 0 Å². The van der Waals surface area contributed by atoms with Gasteiger partial charge in [-0.05, 0) is 37.1 Å². The van der Waals surface area contributed by atoms with Crippen LogP contribution in [0.2, 0.25) is 5.02 Å². The molecule has 1 aromatic carbocycles. The third-order valence-corrected chi connectivity index (χ3v) is 3.70. The van der Waals surface area contributed by atoms with Crippen molar-refractivity contribution >= 4 is 11.6 Å². The standard InChI is InChI=1S/C14H20ClNO2/c1-17-13-9-10(8-11(15)14(13)18-2)12-6-4-3-5-7-16-12/h8-9,12,16H,3-7H2,1-2H3. The molecule has 1 N–H and O–H groups in total. The Labute approximate surface area is 113 Å². The van der Waals surface area contributed by atoms with E-state index >= 15 is 0 Å². The van der Waals surface area contributed by atoms with Crippen molar-refractivity contribution in [2.75, 3.05) is 20.8 Å². The largest absolute Gasteiger partial charge is 0.493 e. The van der Waals surface area contributed by atoms with E-state index in [1.165, 1.54) is 24.8 Å². The number of rotatable bonds is 3. The van der Waals surface area contributed by atoms with Gasteiger partial charge in [0.2, 0.25) is 0 Å². The Balaban J connectivity index is 2.29. The number of halogens is 1. The predicted octanol–water partition coefficient (Wildman–Crippen LogP) is 3.56. The van der Waals surface area contributed by atoms with Crippen molar-refractivity contribution in [1.29, 1.82) is 0 Å². The summed E-state index contributed by atoms with van der Waals surface area (Å²) < 4.78 is 10.6. The lowest BCUT2D eigenvalue weighted by Gasteiger charge is -2.19. The van der Waals surface area contributed by atoms with Crippen LogP contribution in [0.4, 0.5) is 0 Å². The molecule has 18 heavy (non-hydrogen) atoms. The molecule has 0 amide bonds. The van der Waals surface area contributed by atoms with Gasteiger partial charge in [0.05, 0.1) is 19.2 Å². The van der Waals surface area contributed by atoms with E-state index in [1.54, 1.807) is 14.2 Å². The fraction of sp³-hybridized carbons (Fsp3) is 0.571. The van der Waals surface area contributed by atoms with E-state index in [0.29, 0.717) is 22.6 Å². The van der Waals surface area contributed by atoms with E-state index in [2.05, 4.69) is 5.32 Å². The summed E-state index contributed by atoms with van der Waals surface area (Å²) in [4.78, 5) is 0. The molecule has 1 atom stereocenters. The molecule has 4 heteroatoms. The smallest absolute Gasteiger partial charge is 0.179 e. The number of nitrogens with one attached hydrogen (secondary N) is 1. The van der Waals surface area contributed by atoms with E-state index < -0.39 is 0 Å². The van der Waals surface area contributed by atoms with Crippen molar-refractivity contribution in [3.63, 3.8) is 0 Å². The maximum absolute atomic E-state index is 6.24. The maximum Gasteiger partial charge on any atom is 0.179 e. The van der Waals surface area contributed by atoms with Crippen LogP contribution in [0.1, 0.15) is 37.3 Å². The maximum atomic E-state index is 6.24. The molecule has 1 saturated heterocycles. The monoisotopic (exact) mass is 269 g/mol. The van der Waals surface area contributed by atoms with Crippen LogP contribution in [0.15, 0.2) is 12.1 Å². The van der Waals surface area contributed by atoms with Gasteiger partial charge in [0.25, 0.3) is 0 Å². The van der Waals surface area contributed by atoms with Crippen LogP contribution in [-0.4, -0.2) is 20.8 Å². The molecular formula is C14H20ClNO2. The lowest BCUT2D eigenvalue weighted by molar-refractivity contribution is 0.354. The SMILES string of the molecule is COc1cc(C2CCCCCN2)cc(Cl)c1OC. The van der Waals surface area contributed by atoms with Gasteiger partial charge in [-0.15, -0.1) is 0 Å². The molecule has 1 fully saturated rings. The Bertz CT molecular complexity index is 401. The van der Waals surface area contributed by atoms with Gasteiger partial charge in [0, 0.05) is 6.04 Å². The Morgan fingerprint density at radius 2 is 2.00 bits per heavy atom. The predicted molar refractivity (Wildman–Crippen MR) is 73.8 cm³/mol. The first-order valence-corrected chi connectivity index (χ1v) is 6.79. The van der Waals surface area contributed by atoms with E-state index in [4.69, 9.17) is 21.1 Å². The highest BCUT2D eigenvalue weighted by molar-refractivity contribution is 6.32. The van der Waals surface area contributed by atoms with E-state index in [1.807, 2.05) is 12.1 Å². The van der Waals surface area contributed by atoms with Crippen molar-refractivity contribution in [1.82, 2.24) is 5.32 Å². The summed E-state index contributed by atoms with van der Waals surface area (Å²) in [6, 6.07) is 4.37. The Hall–Kier alpha value is -0.930. The molecule has 0 aliphatic carbocycles. The zero-order valence-corrected chi connectivity index (χ0v) is 11.7. The second-order valence-electron chi connectivity index (χ2n) is 4.59. The quantitative estimate of drug-likeness (QED) is 0.910. The Kier molecular flexibility index (Phi) is 4.72. The molecule has 0 radical (unpaired) electrons. The molecule has 0 aromatic heterocycles. The van der Waals surface area contributed by atoms with Gasteiger partial charge >= 0.3 is 0 Å². The third kappa shape index (κ3) is 2.90. The van der Waals surface area contributed by atoms with Crippen LogP contribution >= 0.6 is 11.6 Å². The number of ether oxygens (including phenoxy) is 2. The summed E-state index contributed by atoms with van der Waals surface area (Å²) >= 11 is 6.24. The van der Waals surface area contributed by atoms with Gasteiger partial charge in [-0.3, -0.25) is 0 Å². The molecule has 1 aromatic rings. The van der Waals surface area contributed by atoms with Crippen LogP contribution in [-0.2, 0) is 0 Å². The summed E-state index contributed by atoms with van der Waals surface area (Å²) in [6.07, 6.45) is 4.94. The molecule has 1 aliphatic rings. The topological polar surface area (TPSA) is 30.5 Å². The molecule has 100 valence electrons. The van der Waals surface area contributed by atoms with Gasteiger partial charge in [0.15, 0.2) is 11.5 Å². The molecule has 0 saturated carbocycles. The van der Waals surface area contributed by atoms with Gasteiger partial charge in [-0.1, -0.05) is 24.4 Å². The fourth-order valence-corrected chi connectivity index (χ4v) is 2.75. The number of hydrogen-bond acceptors (Lipinski definition) is 3. The van der Waals surface area contributed by atoms with Crippen LogP contribution in [0.25, 0.3) is 0 Å². The summed E-state index contributed by atoms with van der Waals surface area (Å²) in [5, 5.41) is 4.17. The Morgan fingerprint density at radius 3 is 2.72 bits per heavy atom. The minimum atomic E-state index is 0.366. The minimum absolute atomic E-state index is 0.366. The molecule has 1 unspecified atom stereocenters. The second kappa shape index (κ2) is 6.30. The van der Waals surface area contributed by atoms with Crippen LogP contribution < -0.4 is 14.8 Å². The fourth-order valence-electron chi connectivity index (χ4n) is 2.45. The van der Waals surface area contributed by atoms with Gasteiger partial charge in [0.1, 0.15) is 0 Å². The van der Waals surface area contributed by atoms with Gasteiger partial charge in [-0.25, -0.2) is 0 Å². The van der Waals surface area contributed by atoms with Crippen molar-refractivity contribution in [2.45, 2.75) is 31.7 Å². The number of benzene rings is 1. The number of methoxy groups -OCH3 is 2. The minimum Gasteiger partial charge on any atom is -0.493 e. The first-order valence-electron chi connectivity index (χ1n) is 6.41. The van der Waals surface area contributed by atoms with E-state index in [9.17, 15) is 0 Å². The van der Waals surface area contributed by atoms with Gasteiger partial charge < -0.3 is 14.8 Å². The zero-order valence-electron chi connectivity index (χ0n) is 11.0. The zero-order chi connectivity index (χ0) is 13.0. The molecule has 1 aliphatic heterocycles. The molecule has 1 heterocycles. The van der Waals surface area contributed by atoms with E-state index in [-0.39, 0.29) is 0 Å². The van der Waals surface area contributed by atoms with E-state index in [0.717, 1.165) is 13.0 Å². The number of hydrogen-bond donors (Lipinski definition) is 1. The average molecular weight is 270 g/mol. The van der Waals surface area contributed by atoms with Crippen LogP contribution in [0.3, 0.4) is 0 Å². The summed E-state index contributed by atoms with van der Waals surface area (Å²) in [7, 11) is 3.24. The second-order valence-corrected chi connectivity index (χ2v) is 5.00. The van der Waals surface area contributed by atoms with Crippen molar-refractivity contribution in [3.8, 4) is 11.5 Å². The summed E-state index contributed by atoms with van der Waals surface area (Å²) in [5.41, 5.74) is 1.18. The normalized spacial score (nSPS) is 20.3. The van der Waals surface area contributed by atoms with Crippen molar-refractivity contribution in [3.05, 3.63) is 22.7 Å². The Morgan fingerprint density at radius 1 is 1.17 bits per heavy atom. The first-order chi connectivity index (χ1) is 8.76. The van der Waals surface area contributed by atoms with Crippen LogP contribution in [0, 0.1) is 0 Å². The summed E-state index contributed by atoms with van der Waals surface area (Å²) in [5.74, 6) is 1.31. The lowest BCUT2D eigenvalue weighted by atomic mass is 10.0. The lowest BCUT2D eigenvalue weighted by Crippen LogP contribution is -2.20. The van der Waals surface area contributed by atoms with Crippen molar-refractivity contribution < 1.29 is 9.47 Å². The highest BCUT2D eigenvalue weighted by Gasteiger charge is 2.18. The highest BCUT2D eigenvalue weighted by atomic mass is 35.5. The third-order valence-electron chi connectivity index (χ3n) is 3.42. The molecule has 0 bridgehead atoms. The van der Waals surface area contributed by atoms with Crippen molar-refractivity contribution in [2.24, 2.45) is 0 Å². The van der Waals surface area contributed by atoms with Crippen LogP contribution in [0.5, 0.6) is 11.5 Å². The highest BCUT2D eigenvalue weighted by Crippen LogP contribution is 2.38. The molecule has 0 spiro atoms. The molecule has 2 rings (SSSR count). The molecular weight excluding hydrogens is 250 g/mol. The molecule has 3 nitrogen and oxygen atoms in total. The summed E-state index contributed by atoms with van der Waals surface area (Å²) in [6.45, 7) is 1.07. The first kappa shape index (κ1) is 13.5.